The number of aliphatic hydroxyl groups excluding tert-OH is 1. The Morgan fingerprint density at radius 1 is 1.40 bits per heavy atom. The van der Waals surface area contributed by atoms with Gasteiger partial charge in [0.2, 0.25) is 5.95 Å². The molecule has 1 aromatic heterocycles. The van der Waals surface area contributed by atoms with E-state index in [2.05, 4.69) is 22.2 Å². The molecule has 5 nitrogen and oxygen atoms in total. The highest BCUT2D eigenvalue weighted by Crippen LogP contribution is 2.23. The lowest BCUT2D eigenvalue weighted by molar-refractivity contribution is 0.267. The molecule has 20 heavy (non-hydrogen) atoms. The summed E-state index contributed by atoms with van der Waals surface area (Å²) >= 11 is 0. The van der Waals surface area contributed by atoms with Crippen LogP contribution in [0, 0.1) is 5.82 Å². The predicted molar refractivity (Wildman–Crippen MR) is 77.9 cm³/mol. The third-order valence-electron chi connectivity index (χ3n) is 3.14. The molecule has 1 aromatic carbocycles. The van der Waals surface area contributed by atoms with Crippen molar-refractivity contribution in [2.75, 3.05) is 17.7 Å². The number of nitrogens with one attached hydrogen (secondary N) is 1. The van der Waals surface area contributed by atoms with Crippen molar-refractivity contribution in [3.63, 3.8) is 0 Å². The second-order valence-electron chi connectivity index (χ2n) is 4.76. The Balaban J connectivity index is 2.34. The van der Waals surface area contributed by atoms with Gasteiger partial charge in [0.25, 0.3) is 0 Å². The number of hydrogen-bond donors (Lipinski definition) is 3. The normalized spacial score (nSPS) is 12.6. The molecule has 1 heterocycles. The zero-order valence-electron chi connectivity index (χ0n) is 11.4. The Hall–Kier alpha value is -1.95. The van der Waals surface area contributed by atoms with Gasteiger partial charge >= 0.3 is 0 Å². The standard InChI is InChI=1S/C14H19FN4O/c1-2-3-4-10(8-20)17-13-11-7-9(15)5-6-12(11)18-14(16)19-13/h5-7,10,20H,2-4,8H2,1H3,(H3,16,17,18,19)/t10-/m0/s1. The van der Waals surface area contributed by atoms with Gasteiger partial charge in [0.05, 0.1) is 18.2 Å². The van der Waals surface area contributed by atoms with Crippen LogP contribution in [0.1, 0.15) is 26.2 Å². The minimum atomic E-state index is -0.358. The van der Waals surface area contributed by atoms with E-state index in [-0.39, 0.29) is 24.4 Å². The Labute approximate surface area is 117 Å². The van der Waals surface area contributed by atoms with Crippen molar-refractivity contribution >= 4 is 22.7 Å². The maximum atomic E-state index is 13.4. The molecule has 0 aliphatic rings. The van der Waals surface area contributed by atoms with Crippen molar-refractivity contribution < 1.29 is 9.50 Å². The van der Waals surface area contributed by atoms with Gasteiger partial charge in [-0.25, -0.2) is 9.37 Å². The van der Waals surface area contributed by atoms with Crippen LogP contribution in [-0.4, -0.2) is 27.7 Å². The molecule has 0 aliphatic heterocycles. The molecule has 0 fully saturated rings. The monoisotopic (exact) mass is 278 g/mol. The predicted octanol–water partition coefficient (Wildman–Crippen LogP) is 2.31. The van der Waals surface area contributed by atoms with Crippen molar-refractivity contribution in [1.82, 2.24) is 9.97 Å². The van der Waals surface area contributed by atoms with E-state index in [1.54, 1.807) is 6.07 Å². The van der Waals surface area contributed by atoms with Crippen LogP contribution in [0.15, 0.2) is 18.2 Å². The fourth-order valence-corrected chi connectivity index (χ4v) is 2.08. The number of nitrogen functional groups attached to an aromatic ring is 1. The van der Waals surface area contributed by atoms with E-state index in [9.17, 15) is 9.50 Å². The molecule has 0 spiro atoms. The smallest absolute Gasteiger partial charge is 0.222 e. The number of aliphatic hydroxyl groups is 1. The number of halogens is 1. The molecule has 0 unspecified atom stereocenters. The van der Waals surface area contributed by atoms with Crippen molar-refractivity contribution in [1.29, 1.82) is 0 Å². The van der Waals surface area contributed by atoms with Gasteiger partial charge in [0, 0.05) is 5.39 Å². The summed E-state index contributed by atoms with van der Waals surface area (Å²) in [6.07, 6.45) is 2.85. The summed E-state index contributed by atoms with van der Waals surface area (Å²) in [5.74, 6) is 0.226. The highest BCUT2D eigenvalue weighted by atomic mass is 19.1. The Morgan fingerprint density at radius 2 is 2.20 bits per heavy atom. The number of aromatic nitrogens is 2. The molecule has 2 rings (SSSR count). The summed E-state index contributed by atoms with van der Waals surface area (Å²) in [6, 6.07) is 4.13. The van der Waals surface area contributed by atoms with Crippen LogP contribution in [-0.2, 0) is 0 Å². The van der Waals surface area contributed by atoms with Gasteiger partial charge in [-0.1, -0.05) is 19.8 Å². The van der Waals surface area contributed by atoms with Gasteiger partial charge in [0.1, 0.15) is 11.6 Å². The average molecular weight is 278 g/mol. The summed E-state index contributed by atoms with van der Waals surface area (Å²) in [5, 5.41) is 13.1. The molecule has 108 valence electrons. The number of unbranched alkanes of at least 4 members (excludes halogenated alkanes) is 1. The SMILES string of the molecule is CCCC[C@@H](CO)Nc1nc(N)nc2ccc(F)cc12. The first kappa shape index (κ1) is 14.5. The molecule has 0 radical (unpaired) electrons. The van der Waals surface area contributed by atoms with Crippen molar-refractivity contribution in [3.05, 3.63) is 24.0 Å². The highest BCUT2D eigenvalue weighted by Gasteiger charge is 2.12. The van der Waals surface area contributed by atoms with Crippen molar-refractivity contribution in [2.45, 2.75) is 32.2 Å². The van der Waals surface area contributed by atoms with Gasteiger partial charge < -0.3 is 16.2 Å². The fraction of sp³-hybridized carbons (Fsp3) is 0.429. The zero-order chi connectivity index (χ0) is 14.5. The maximum absolute atomic E-state index is 13.4. The van der Waals surface area contributed by atoms with Gasteiger partial charge in [-0.05, 0) is 24.6 Å². The molecule has 2 aromatic rings. The van der Waals surface area contributed by atoms with Gasteiger partial charge in [0.15, 0.2) is 0 Å². The van der Waals surface area contributed by atoms with E-state index in [0.29, 0.717) is 16.7 Å². The number of nitrogens with two attached hydrogens (primary N) is 1. The van der Waals surface area contributed by atoms with Crippen LogP contribution in [0.5, 0.6) is 0 Å². The van der Waals surface area contributed by atoms with Crippen LogP contribution in [0.2, 0.25) is 0 Å². The van der Waals surface area contributed by atoms with Crippen LogP contribution >= 0.6 is 0 Å². The third kappa shape index (κ3) is 3.33. The maximum Gasteiger partial charge on any atom is 0.222 e. The van der Waals surface area contributed by atoms with Crippen LogP contribution in [0.4, 0.5) is 16.2 Å². The lowest BCUT2D eigenvalue weighted by Crippen LogP contribution is -2.24. The number of benzene rings is 1. The number of fused-ring (bicyclic) bond motifs is 1. The van der Waals surface area contributed by atoms with E-state index < -0.39 is 0 Å². The second-order valence-corrected chi connectivity index (χ2v) is 4.76. The van der Waals surface area contributed by atoms with Crippen molar-refractivity contribution in [2.24, 2.45) is 0 Å². The zero-order valence-corrected chi connectivity index (χ0v) is 11.4. The minimum Gasteiger partial charge on any atom is -0.394 e. The summed E-state index contributed by atoms with van der Waals surface area (Å²) in [4.78, 5) is 8.19. The molecule has 0 saturated carbocycles. The molecular weight excluding hydrogens is 259 g/mol. The van der Waals surface area contributed by atoms with Gasteiger partial charge in [-0.15, -0.1) is 0 Å². The Bertz CT molecular complexity index is 591. The molecular formula is C14H19FN4O. The lowest BCUT2D eigenvalue weighted by Gasteiger charge is -2.18. The number of anilines is 2. The molecule has 0 bridgehead atoms. The summed E-state index contributed by atoms with van der Waals surface area (Å²) in [7, 11) is 0. The topological polar surface area (TPSA) is 84.1 Å². The Morgan fingerprint density at radius 3 is 2.90 bits per heavy atom. The van der Waals surface area contributed by atoms with Gasteiger partial charge in [-0.3, -0.25) is 0 Å². The van der Waals surface area contributed by atoms with Crippen LogP contribution < -0.4 is 11.1 Å². The second kappa shape index (κ2) is 6.47. The van der Waals surface area contributed by atoms with Crippen LogP contribution in [0.25, 0.3) is 10.9 Å². The minimum absolute atomic E-state index is 0.0132. The fourth-order valence-electron chi connectivity index (χ4n) is 2.08. The first-order valence-electron chi connectivity index (χ1n) is 6.74. The third-order valence-corrected chi connectivity index (χ3v) is 3.14. The first-order chi connectivity index (χ1) is 9.63. The van der Waals surface area contributed by atoms with E-state index in [0.717, 1.165) is 19.3 Å². The van der Waals surface area contributed by atoms with E-state index in [1.165, 1.54) is 12.1 Å². The molecule has 0 saturated heterocycles. The first-order valence-corrected chi connectivity index (χ1v) is 6.74. The van der Waals surface area contributed by atoms with Gasteiger partial charge in [-0.2, -0.15) is 4.98 Å². The van der Waals surface area contributed by atoms with E-state index in [1.807, 2.05) is 0 Å². The quantitative estimate of drug-likeness (QED) is 0.755. The Kier molecular flexibility index (Phi) is 4.68. The summed E-state index contributed by atoms with van der Waals surface area (Å²) in [6.45, 7) is 2.07. The van der Waals surface area contributed by atoms with E-state index in [4.69, 9.17) is 5.73 Å². The lowest BCUT2D eigenvalue weighted by atomic mass is 10.1. The number of nitrogens with zero attached hydrogens (tertiary/aromatic N) is 2. The average Bonchev–Trinajstić information content (AvgIpc) is 2.43. The molecule has 6 heteroatoms. The largest absolute Gasteiger partial charge is 0.394 e. The molecule has 0 amide bonds. The van der Waals surface area contributed by atoms with Crippen LogP contribution in [0.3, 0.4) is 0 Å². The van der Waals surface area contributed by atoms with Crippen molar-refractivity contribution in [3.8, 4) is 0 Å². The number of hydrogen-bond acceptors (Lipinski definition) is 5. The number of rotatable bonds is 6. The highest BCUT2D eigenvalue weighted by molar-refractivity contribution is 5.90. The van der Waals surface area contributed by atoms with E-state index >= 15 is 0 Å². The molecule has 1 atom stereocenters. The summed E-state index contributed by atoms with van der Waals surface area (Å²) in [5.41, 5.74) is 6.24. The molecule has 0 aliphatic carbocycles. The molecule has 4 N–H and O–H groups in total. The summed E-state index contributed by atoms with van der Waals surface area (Å²) < 4.78 is 13.4.